The lowest BCUT2D eigenvalue weighted by Gasteiger charge is -2.26. The molecule has 1 heterocycles. The molecule has 1 aromatic carbocycles. The number of hydrogen-bond donors (Lipinski definition) is 2. The lowest BCUT2D eigenvalue weighted by atomic mass is 10.1. The zero-order valence-corrected chi connectivity index (χ0v) is 9.32. The normalized spacial score (nSPS) is 19.5. The van der Waals surface area contributed by atoms with E-state index in [0.29, 0.717) is 6.04 Å². The number of benzene rings is 1. The van der Waals surface area contributed by atoms with Crippen LogP contribution in [0.3, 0.4) is 0 Å². The van der Waals surface area contributed by atoms with Crippen molar-refractivity contribution in [3.63, 3.8) is 0 Å². The number of rotatable bonds is 3. The summed E-state index contributed by atoms with van der Waals surface area (Å²) in [6, 6.07) is 5.33. The van der Waals surface area contributed by atoms with Crippen molar-refractivity contribution in [2.45, 2.75) is 23.8 Å². The number of halogens is 1. The summed E-state index contributed by atoms with van der Waals surface area (Å²) >= 11 is 1.79. The van der Waals surface area contributed by atoms with E-state index in [1.165, 1.54) is 6.07 Å². The summed E-state index contributed by atoms with van der Waals surface area (Å²) in [7, 11) is 0. The minimum Gasteiger partial charge on any atom is -0.380 e. The van der Waals surface area contributed by atoms with Gasteiger partial charge in [-0.15, -0.1) is 11.8 Å². The Labute approximate surface area is 93.4 Å². The van der Waals surface area contributed by atoms with Gasteiger partial charge in [-0.05, 0) is 37.6 Å². The molecule has 4 heteroatoms. The maximum atomic E-state index is 13.0. The highest BCUT2D eigenvalue weighted by atomic mass is 32.2. The second kappa shape index (κ2) is 4.86. The van der Waals surface area contributed by atoms with Crippen molar-refractivity contribution >= 4 is 17.4 Å². The third-order valence-corrected chi connectivity index (χ3v) is 3.73. The highest BCUT2D eigenvalue weighted by Crippen LogP contribution is 2.34. The highest BCUT2D eigenvalue weighted by Gasteiger charge is 2.17. The molecule has 0 aliphatic carbocycles. The van der Waals surface area contributed by atoms with Crippen LogP contribution < -0.4 is 11.1 Å². The van der Waals surface area contributed by atoms with Crippen LogP contribution in [0.5, 0.6) is 0 Å². The van der Waals surface area contributed by atoms with E-state index in [-0.39, 0.29) is 5.82 Å². The van der Waals surface area contributed by atoms with Crippen LogP contribution in [0.25, 0.3) is 0 Å². The van der Waals surface area contributed by atoms with Crippen molar-refractivity contribution < 1.29 is 4.39 Å². The van der Waals surface area contributed by atoms with E-state index in [0.717, 1.165) is 35.7 Å². The van der Waals surface area contributed by atoms with Crippen LogP contribution in [-0.2, 0) is 0 Å². The predicted octanol–water partition coefficient (Wildman–Crippen LogP) is 2.45. The fourth-order valence-electron chi connectivity index (χ4n) is 1.71. The molecule has 1 aliphatic rings. The Hall–Kier alpha value is -0.740. The van der Waals surface area contributed by atoms with Crippen LogP contribution in [0.4, 0.5) is 10.1 Å². The Bertz CT molecular complexity index is 343. The van der Waals surface area contributed by atoms with Crippen molar-refractivity contribution in [2.75, 3.05) is 17.6 Å². The Morgan fingerprint density at radius 1 is 1.53 bits per heavy atom. The first-order chi connectivity index (χ1) is 7.29. The minimum absolute atomic E-state index is 0.179. The molecule has 2 rings (SSSR count). The summed E-state index contributed by atoms with van der Waals surface area (Å²) in [5, 5.41) is 3.36. The molecule has 1 atom stereocenters. The van der Waals surface area contributed by atoms with Gasteiger partial charge in [-0.3, -0.25) is 0 Å². The number of hydrogen-bond acceptors (Lipinski definition) is 3. The van der Waals surface area contributed by atoms with E-state index >= 15 is 0 Å². The van der Waals surface area contributed by atoms with Gasteiger partial charge in [0, 0.05) is 16.7 Å². The molecule has 82 valence electrons. The number of nitrogens with two attached hydrogens (primary N) is 1. The van der Waals surface area contributed by atoms with Gasteiger partial charge in [0.2, 0.25) is 0 Å². The standard InChI is InChI=1S/C11H15FN2S/c12-8-3-4-11-10(6-8)14-9(7-15-11)2-1-5-13/h3-4,6,9,14H,1-2,5,7,13H2. The maximum Gasteiger partial charge on any atom is 0.125 e. The molecular formula is C11H15FN2S. The molecule has 0 saturated heterocycles. The van der Waals surface area contributed by atoms with Crippen molar-refractivity contribution in [2.24, 2.45) is 5.73 Å². The second-order valence-corrected chi connectivity index (χ2v) is 4.79. The SMILES string of the molecule is NCCCC1CSc2ccc(F)cc2N1. The Morgan fingerprint density at radius 2 is 2.40 bits per heavy atom. The molecule has 15 heavy (non-hydrogen) atoms. The van der Waals surface area contributed by atoms with E-state index in [4.69, 9.17) is 5.73 Å². The lowest BCUT2D eigenvalue weighted by Crippen LogP contribution is -2.26. The molecule has 0 bridgehead atoms. The van der Waals surface area contributed by atoms with Gasteiger partial charge in [0.15, 0.2) is 0 Å². The summed E-state index contributed by atoms with van der Waals surface area (Å²) < 4.78 is 13.0. The molecule has 0 spiro atoms. The number of nitrogens with one attached hydrogen (secondary N) is 1. The first-order valence-corrected chi connectivity index (χ1v) is 6.17. The van der Waals surface area contributed by atoms with Crippen molar-refractivity contribution in [3.05, 3.63) is 24.0 Å². The summed E-state index contributed by atoms with van der Waals surface area (Å²) in [4.78, 5) is 1.14. The molecule has 1 aliphatic heterocycles. The molecule has 0 amide bonds. The minimum atomic E-state index is -0.179. The molecule has 1 unspecified atom stereocenters. The van der Waals surface area contributed by atoms with Gasteiger partial charge in [0.1, 0.15) is 5.82 Å². The molecule has 0 radical (unpaired) electrons. The predicted molar refractivity (Wildman–Crippen MR) is 62.8 cm³/mol. The van der Waals surface area contributed by atoms with E-state index in [1.54, 1.807) is 17.8 Å². The zero-order chi connectivity index (χ0) is 10.7. The Kier molecular flexibility index (Phi) is 3.49. The van der Waals surface area contributed by atoms with Crippen molar-refractivity contribution in [1.29, 1.82) is 0 Å². The molecule has 2 nitrogen and oxygen atoms in total. The largest absolute Gasteiger partial charge is 0.380 e. The highest BCUT2D eigenvalue weighted by molar-refractivity contribution is 7.99. The Morgan fingerprint density at radius 3 is 3.20 bits per heavy atom. The number of thioether (sulfide) groups is 1. The summed E-state index contributed by atoms with van der Waals surface area (Å²) in [5.74, 6) is 0.861. The first-order valence-electron chi connectivity index (χ1n) is 5.18. The molecule has 0 fully saturated rings. The van der Waals surface area contributed by atoms with Crippen LogP contribution in [0.15, 0.2) is 23.1 Å². The fourth-order valence-corrected chi connectivity index (χ4v) is 2.78. The quantitative estimate of drug-likeness (QED) is 0.831. The van der Waals surface area contributed by atoms with Crippen LogP contribution in [0.1, 0.15) is 12.8 Å². The third-order valence-electron chi connectivity index (χ3n) is 2.50. The van der Waals surface area contributed by atoms with Gasteiger partial charge >= 0.3 is 0 Å². The molecule has 3 N–H and O–H groups in total. The van der Waals surface area contributed by atoms with E-state index in [1.807, 2.05) is 6.07 Å². The number of fused-ring (bicyclic) bond motifs is 1. The second-order valence-electron chi connectivity index (χ2n) is 3.72. The van der Waals surface area contributed by atoms with Crippen molar-refractivity contribution in [3.8, 4) is 0 Å². The van der Waals surface area contributed by atoms with Gasteiger partial charge in [0.25, 0.3) is 0 Å². The van der Waals surface area contributed by atoms with Crippen LogP contribution in [0, 0.1) is 5.82 Å². The van der Waals surface area contributed by atoms with Gasteiger partial charge in [-0.25, -0.2) is 4.39 Å². The maximum absolute atomic E-state index is 13.0. The molecule has 0 saturated carbocycles. The van der Waals surface area contributed by atoms with Gasteiger partial charge in [-0.1, -0.05) is 0 Å². The molecule has 1 aromatic rings. The zero-order valence-electron chi connectivity index (χ0n) is 8.50. The number of anilines is 1. The molecular weight excluding hydrogens is 211 g/mol. The topological polar surface area (TPSA) is 38.0 Å². The van der Waals surface area contributed by atoms with Gasteiger partial charge < -0.3 is 11.1 Å². The summed E-state index contributed by atoms with van der Waals surface area (Å²) in [6.45, 7) is 0.721. The van der Waals surface area contributed by atoms with E-state index in [9.17, 15) is 4.39 Å². The van der Waals surface area contributed by atoms with Gasteiger partial charge in [-0.2, -0.15) is 0 Å². The average Bonchev–Trinajstić information content (AvgIpc) is 2.25. The third kappa shape index (κ3) is 2.63. The van der Waals surface area contributed by atoms with Crippen molar-refractivity contribution in [1.82, 2.24) is 0 Å². The van der Waals surface area contributed by atoms with Crippen LogP contribution in [-0.4, -0.2) is 18.3 Å². The van der Waals surface area contributed by atoms with Gasteiger partial charge in [0.05, 0.1) is 5.69 Å². The first kappa shape index (κ1) is 10.8. The molecule has 0 aromatic heterocycles. The summed E-state index contributed by atoms with van der Waals surface area (Å²) in [5.41, 5.74) is 6.39. The van der Waals surface area contributed by atoms with E-state index < -0.39 is 0 Å². The average molecular weight is 226 g/mol. The van der Waals surface area contributed by atoms with Crippen LogP contribution >= 0.6 is 11.8 Å². The lowest BCUT2D eigenvalue weighted by molar-refractivity contribution is 0.623. The van der Waals surface area contributed by atoms with E-state index in [2.05, 4.69) is 5.32 Å². The monoisotopic (exact) mass is 226 g/mol. The smallest absolute Gasteiger partial charge is 0.125 e. The van der Waals surface area contributed by atoms with Crippen LogP contribution in [0.2, 0.25) is 0 Å². The summed E-state index contributed by atoms with van der Waals surface area (Å²) in [6.07, 6.45) is 2.07. The Balaban J connectivity index is 2.05. The fraction of sp³-hybridized carbons (Fsp3) is 0.455.